The summed E-state index contributed by atoms with van der Waals surface area (Å²) in [4.78, 5) is 34.8. The van der Waals surface area contributed by atoms with Crippen LogP contribution >= 0.6 is 0 Å². The molecular formula is C14H15NO3. The Hall–Kier alpha value is -1.97. The van der Waals surface area contributed by atoms with Crippen LogP contribution < -0.4 is 5.32 Å². The van der Waals surface area contributed by atoms with Gasteiger partial charge in [0.25, 0.3) is 0 Å². The molecule has 0 saturated heterocycles. The number of rotatable bonds is 4. The SMILES string of the molecule is CC(C)CC(=O)C(=O)c1ccc2c(c1)CC(=O)N2. The predicted octanol–water partition coefficient (Wildman–Crippen LogP) is 1.98. The Morgan fingerprint density at radius 2 is 2.06 bits per heavy atom. The van der Waals surface area contributed by atoms with E-state index in [1.54, 1.807) is 18.2 Å². The monoisotopic (exact) mass is 245 g/mol. The van der Waals surface area contributed by atoms with Gasteiger partial charge in [-0.05, 0) is 29.7 Å². The van der Waals surface area contributed by atoms with Crippen molar-refractivity contribution in [2.75, 3.05) is 5.32 Å². The molecular weight excluding hydrogens is 230 g/mol. The van der Waals surface area contributed by atoms with Gasteiger partial charge in [0.15, 0.2) is 0 Å². The van der Waals surface area contributed by atoms with Gasteiger partial charge in [0.1, 0.15) is 0 Å². The molecule has 1 aliphatic heterocycles. The Labute approximate surface area is 105 Å². The number of anilines is 1. The summed E-state index contributed by atoms with van der Waals surface area (Å²) in [6.45, 7) is 3.80. The van der Waals surface area contributed by atoms with E-state index in [0.717, 1.165) is 11.3 Å². The first-order valence-electron chi connectivity index (χ1n) is 5.97. The van der Waals surface area contributed by atoms with Gasteiger partial charge < -0.3 is 5.32 Å². The van der Waals surface area contributed by atoms with Gasteiger partial charge in [0.2, 0.25) is 17.5 Å². The third-order valence-electron chi connectivity index (χ3n) is 2.84. The van der Waals surface area contributed by atoms with Gasteiger partial charge in [0.05, 0.1) is 6.42 Å². The number of amides is 1. The molecule has 1 aliphatic rings. The third kappa shape index (κ3) is 2.47. The highest BCUT2D eigenvalue weighted by molar-refractivity contribution is 6.43. The van der Waals surface area contributed by atoms with E-state index in [0.29, 0.717) is 5.56 Å². The molecule has 4 nitrogen and oxygen atoms in total. The fourth-order valence-corrected chi connectivity index (χ4v) is 2.00. The first-order valence-corrected chi connectivity index (χ1v) is 5.97. The molecule has 94 valence electrons. The fourth-order valence-electron chi connectivity index (χ4n) is 2.00. The maximum absolute atomic E-state index is 11.9. The lowest BCUT2D eigenvalue weighted by Crippen LogP contribution is -2.16. The number of fused-ring (bicyclic) bond motifs is 1. The van der Waals surface area contributed by atoms with E-state index in [2.05, 4.69) is 5.32 Å². The van der Waals surface area contributed by atoms with Crippen LogP contribution in [0, 0.1) is 5.92 Å². The quantitative estimate of drug-likeness (QED) is 0.651. The first-order chi connectivity index (χ1) is 8.47. The maximum atomic E-state index is 11.9. The molecule has 1 heterocycles. The van der Waals surface area contributed by atoms with Crippen LogP contribution in [-0.4, -0.2) is 17.5 Å². The van der Waals surface area contributed by atoms with Crippen LogP contribution in [0.2, 0.25) is 0 Å². The second-order valence-corrected chi connectivity index (χ2v) is 4.95. The van der Waals surface area contributed by atoms with E-state index >= 15 is 0 Å². The van der Waals surface area contributed by atoms with Crippen molar-refractivity contribution in [3.8, 4) is 0 Å². The molecule has 1 aromatic carbocycles. The highest BCUT2D eigenvalue weighted by Crippen LogP contribution is 2.24. The maximum Gasteiger partial charge on any atom is 0.228 e. The van der Waals surface area contributed by atoms with Crippen LogP contribution in [0.15, 0.2) is 18.2 Å². The normalized spacial score (nSPS) is 13.4. The van der Waals surface area contributed by atoms with E-state index in [-0.39, 0.29) is 30.4 Å². The average molecular weight is 245 g/mol. The Bertz CT molecular complexity index is 532. The molecule has 0 aliphatic carbocycles. The van der Waals surface area contributed by atoms with E-state index in [9.17, 15) is 14.4 Å². The van der Waals surface area contributed by atoms with Crippen LogP contribution in [0.5, 0.6) is 0 Å². The van der Waals surface area contributed by atoms with Crippen molar-refractivity contribution < 1.29 is 14.4 Å². The number of carbonyl (C=O) groups is 3. The van der Waals surface area contributed by atoms with E-state index < -0.39 is 5.78 Å². The predicted molar refractivity (Wildman–Crippen MR) is 67.6 cm³/mol. The molecule has 0 saturated carbocycles. The molecule has 0 radical (unpaired) electrons. The van der Waals surface area contributed by atoms with Crippen molar-refractivity contribution in [1.82, 2.24) is 0 Å². The van der Waals surface area contributed by atoms with E-state index in [1.807, 2.05) is 13.8 Å². The lowest BCUT2D eigenvalue weighted by Gasteiger charge is -2.05. The number of benzene rings is 1. The van der Waals surface area contributed by atoms with Crippen LogP contribution in [0.25, 0.3) is 0 Å². The summed E-state index contributed by atoms with van der Waals surface area (Å²) in [6.07, 6.45) is 0.530. The molecule has 4 heteroatoms. The Balaban J connectivity index is 2.20. The number of ketones is 2. The second kappa shape index (κ2) is 4.72. The summed E-state index contributed by atoms with van der Waals surface area (Å²) in [5, 5.41) is 2.69. The van der Waals surface area contributed by atoms with Crippen molar-refractivity contribution in [2.45, 2.75) is 26.7 Å². The minimum atomic E-state index is -0.467. The molecule has 0 spiro atoms. The van der Waals surface area contributed by atoms with Gasteiger partial charge >= 0.3 is 0 Å². The van der Waals surface area contributed by atoms with Crippen LogP contribution in [-0.2, 0) is 16.0 Å². The molecule has 0 aromatic heterocycles. The average Bonchev–Trinajstić information content (AvgIpc) is 2.65. The summed E-state index contributed by atoms with van der Waals surface area (Å²) in [7, 11) is 0. The van der Waals surface area contributed by atoms with Crippen LogP contribution in [0.1, 0.15) is 36.2 Å². The highest BCUT2D eigenvalue weighted by Gasteiger charge is 2.22. The third-order valence-corrected chi connectivity index (χ3v) is 2.84. The molecule has 0 atom stereocenters. The van der Waals surface area contributed by atoms with Crippen molar-refractivity contribution in [3.05, 3.63) is 29.3 Å². The number of hydrogen-bond acceptors (Lipinski definition) is 3. The zero-order chi connectivity index (χ0) is 13.3. The van der Waals surface area contributed by atoms with Gasteiger partial charge in [-0.2, -0.15) is 0 Å². The van der Waals surface area contributed by atoms with Gasteiger partial charge in [-0.25, -0.2) is 0 Å². The summed E-state index contributed by atoms with van der Waals surface area (Å²) < 4.78 is 0. The largest absolute Gasteiger partial charge is 0.326 e. The van der Waals surface area contributed by atoms with E-state index in [1.165, 1.54) is 0 Å². The molecule has 1 amide bonds. The van der Waals surface area contributed by atoms with Crippen molar-refractivity contribution in [3.63, 3.8) is 0 Å². The van der Waals surface area contributed by atoms with Crippen LogP contribution in [0.4, 0.5) is 5.69 Å². The number of Topliss-reactive ketones (excluding diaryl/α,β-unsaturated/α-hetero) is 2. The Morgan fingerprint density at radius 1 is 1.33 bits per heavy atom. The van der Waals surface area contributed by atoms with Crippen molar-refractivity contribution in [1.29, 1.82) is 0 Å². The molecule has 1 aromatic rings. The van der Waals surface area contributed by atoms with Gasteiger partial charge in [-0.1, -0.05) is 13.8 Å². The smallest absolute Gasteiger partial charge is 0.228 e. The summed E-state index contributed by atoms with van der Waals surface area (Å²) in [6, 6.07) is 4.90. The lowest BCUT2D eigenvalue weighted by atomic mass is 9.98. The summed E-state index contributed by atoms with van der Waals surface area (Å²) in [5.41, 5.74) is 1.88. The first kappa shape index (κ1) is 12.5. The van der Waals surface area contributed by atoms with Gasteiger partial charge in [-0.3, -0.25) is 14.4 Å². The van der Waals surface area contributed by atoms with E-state index in [4.69, 9.17) is 0 Å². The zero-order valence-electron chi connectivity index (χ0n) is 10.4. The number of carbonyl (C=O) groups excluding carboxylic acids is 3. The summed E-state index contributed by atoms with van der Waals surface area (Å²) >= 11 is 0. The van der Waals surface area contributed by atoms with Gasteiger partial charge in [-0.15, -0.1) is 0 Å². The molecule has 0 fully saturated rings. The Morgan fingerprint density at radius 3 is 2.72 bits per heavy atom. The topological polar surface area (TPSA) is 63.2 Å². The minimum absolute atomic E-state index is 0.0805. The van der Waals surface area contributed by atoms with Gasteiger partial charge in [0, 0.05) is 17.7 Å². The summed E-state index contributed by atoms with van der Waals surface area (Å²) in [5.74, 6) is -0.754. The number of nitrogens with one attached hydrogen (secondary N) is 1. The molecule has 1 N–H and O–H groups in total. The Kier molecular flexibility index (Phi) is 3.28. The van der Waals surface area contributed by atoms with Crippen molar-refractivity contribution >= 4 is 23.2 Å². The highest BCUT2D eigenvalue weighted by atomic mass is 16.2. The zero-order valence-corrected chi connectivity index (χ0v) is 10.4. The molecule has 18 heavy (non-hydrogen) atoms. The molecule has 0 bridgehead atoms. The lowest BCUT2D eigenvalue weighted by molar-refractivity contribution is -0.116. The minimum Gasteiger partial charge on any atom is -0.326 e. The van der Waals surface area contributed by atoms with Crippen molar-refractivity contribution in [2.24, 2.45) is 5.92 Å². The van der Waals surface area contributed by atoms with Crippen LogP contribution in [0.3, 0.4) is 0 Å². The second-order valence-electron chi connectivity index (χ2n) is 4.95. The molecule has 2 rings (SSSR count). The molecule has 0 unspecified atom stereocenters. The standard InChI is InChI=1S/C14H15NO3/c1-8(2)5-12(16)14(18)9-3-4-11-10(6-9)7-13(17)15-11/h3-4,6,8H,5,7H2,1-2H3,(H,15,17). The number of hydrogen-bond donors (Lipinski definition) is 1. The fraction of sp³-hybridized carbons (Fsp3) is 0.357.